The minimum absolute atomic E-state index is 0.277. The first-order valence-corrected chi connectivity index (χ1v) is 6.30. The lowest BCUT2D eigenvalue weighted by molar-refractivity contribution is 0.630. The van der Waals surface area contributed by atoms with Crippen LogP contribution in [0, 0.1) is 8.83 Å². The third-order valence-corrected chi connectivity index (χ3v) is 3.67. The van der Waals surface area contributed by atoms with Gasteiger partial charge in [0.05, 0.1) is 0 Å². The van der Waals surface area contributed by atoms with E-state index in [9.17, 15) is 4.39 Å². The number of aromatic nitrogens is 2. The van der Waals surface area contributed by atoms with Crippen LogP contribution in [0.3, 0.4) is 0 Å². The number of nitrogens with zero attached hydrogens (tertiary/aromatic N) is 2. The van der Waals surface area contributed by atoms with Crippen LogP contribution in [0.5, 0.6) is 0 Å². The summed E-state index contributed by atoms with van der Waals surface area (Å²) in [5.41, 5.74) is 0.486. The smallest absolute Gasteiger partial charge is 0.178 e. The van der Waals surface area contributed by atoms with E-state index in [1.807, 2.05) is 0 Å². The topological polar surface area (TPSA) is 25.8 Å². The lowest BCUT2D eigenvalue weighted by atomic mass is 10.2. The molecule has 0 aliphatic heterocycles. The van der Waals surface area contributed by atoms with E-state index in [1.165, 1.54) is 17.4 Å². The normalized spacial score (nSPS) is 10.5. The number of benzene rings is 1. The number of rotatable bonds is 1. The Morgan fingerprint density at radius 3 is 2.79 bits per heavy atom. The van der Waals surface area contributed by atoms with E-state index in [1.54, 1.807) is 12.1 Å². The molecular weight excluding hydrogens is 382 g/mol. The molecule has 0 unspecified atom stereocenters. The van der Waals surface area contributed by atoms with Crippen molar-refractivity contribution in [2.24, 2.45) is 0 Å². The summed E-state index contributed by atoms with van der Waals surface area (Å²) in [6.07, 6.45) is 0. The fourth-order valence-corrected chi connectivity index (χ4v) is 2.66. The molecule has 2 rings (SSSR count). The molecule has 14 heavy (non-hydrogen) atoms. The van der Waals surface area contributed by atoms with Crippen LogP contribution in [0.15, 0.2) is 22.7 Å². The van der Waals surface area contributed by atoms with Crippen molar-refractivity contribution in [3.63, 3.8) is 0 Å². The van der Waals surface area contributed by atoms with Crippen molar-refractivity contribution in [1.82, 2.24) is 10.2 Å². The third kappa shape index (κ3) is 2.12. The van der Waals surface area contributed by atoms with Crippen molar-refractivity contribution in [2.45, 2.75) is 0 Å². The summed E-state index contributed by atoms with van der Waals surface area (Å²) in [6.45, 7) is 0. The van der Waals surface area contributed by atoms with Crippen LogP contribution in [-0.2, 0) is 0 Å². The molecular formula is C8H3BrFIN2S. The molecule has 0 bridgehead atoms. The fraction of sp³-hybridized carbons (Fsp3) is 0. The summed E-state index contributed by atoms with van der Waals surface area (Å²) in [5, 5.41) is 8.33. The largest absolute Gasteiger partial charge is 0.206 e. The van der Waals surface area contributed by atoms with Gasteiger partial charge >= 0.3 is 0 Å². The molecule has 0 radical (unpaired) electrons. The Hall–Kier alpha value is -0.0800. The van der Waals surface area contributed by atoms with Crippen molar-refractivity contribution in [3.8, 4) is 10.6 Å². The molecule has 2 aromatic rings. The standard InChI is InChI=1S/C8H3BrFIN2S/c9-4-1-2-6(10)5(3-4)7-12-13-8(11)14-7/h1-3H. The number of halogens is 3. The molecule has 1 aromatic carbocycles. The minimum atomic E-state index is -0.277. The zero-order valence-corrected chi connectivity index (χ0v) is 11.2. The van der Waals surface area contributed by atoms with Gasteiger partial charge in [-0.3, -0.25) is 0 Å². The van der Waals surface area contributed by atoms with Crippen LogP contribution in [0.25, 0.3) is 10.6 Å². The highest BCUT2D eigenvalue weighted by atomic mass is 127. The highest BCUT2D eigenvalue weighted by Crippen LogP contribution is 2.28. The van der Waals surface area contributed by atoms with Crippen LogP contribution in [0.4, 0.5) is 4.39 Å². The number of hydrogen-bond acceptors (Lipinski definition) is 3. The van der Waals surface area contributed by atoms with Crippen LogP contribution < -0.4 is 0 Å². The Balaban J connectivity index is 2.55. The maximum atomic E-state index is 13.4. The van der Waals surface area contributed by atoms with E-state index in [4.69, 9.17) is 0 Å². The second-order valence-corrected chi connectivity index (χ2v) is 6.13. The quantitative estimate of drug-likeness (QED) is 0.700. The predicted molar refractivity (Wildman–Crippen MR) is 65.7 cm³/mol. The molecule has 0 aliphatic carbocycles. The Bertz CT molecular complexity index is 474. The van der Waals surface area contributed by atoms with Gasteiger partial charge in [-0.25, -0.2) is 4.39 Å². The van der Waals surface area contributed by atoms with Gasteiger partial charge in [-0.15, -0.1) is 10.2 Å². The minimum Gasteiger partial charge on any atom is -0.206 e. The SMILES string of the molecule is Fc1ccc(Br)cc1-c1nnc(I)s1. The first kappa shape index (κ1) is 10.4. The lowest BCUT2D eigenvalue weighted by Gasteiger charge is -1.98. The molecule has 0 saturated carbocycles. The summed E-state index contributed by atoms with van der Waals surface area (Å²) in [6, 6.07) is 4.77. The molecule has 72 valence electrons. The summed E-state index contributed by atoms with van der Waals surface area (Å²) in [7, 11) is 0. The molecule has 0 amide bonds. The third-order valence-electron chi connectivity index (χ3n) is 1.56. The van der Waals surface area contributed by atoms with Crippen LogP contribution in [-0.4, -0.2) is 10.2 Å². The van der Waals surface area contributed by atoms with E-state index in [2.05, 4.69) is 48.7 Å². The average molecular weight is 385 g/mol. The van der Waals surface area contributed by atoms with Crippen molar-refractivity contribution in [1.29, 1.82) is 0 Å². The van der Waals surface area contributed by atoms with Crippen LogP contribution in [0.2, 0.25) is 0 Å². The Kier molecular flexibility index (Phi) is 3.13. The Morgan fingerprint density at radius 1 is 1.36 bits per heavy atom. The van der Waals surface area contributed by atoms with Gasteiger partial charge < -0.3 is 0 Å². The molecule has 0 aliphatic rings. The van der Waals surface area contributed by atoms with Gasteiger partial charge in [-0.05, 0) is 40.8 Å². The second kappa shape index (κ2) is 4.19. The summed E-state index contributed by atoms with van der Waals surface area (Å²) >= 11 is 6.71. The Labute approximate surface area is 106 Å². The van der Waals surface area contributed by atoms with Gasteiger partial charge in [0.2, 0.25) is 0 Å². The van der Waals surface area contributed by atoms with Crippen LogP contribution in [0.1, 0.15) is 0 Å². The molecule has 0 atom stereocenters. The summed E-state index contributed by atoms with van der Waals surface area (Å²) in [5.74, 6) is -0.277. The molecule has 0 fully saturated rings. The van der Waals surface area contributed by atoms with E-state index in [0.717, 1.165) is 7.49 Å². The first-order valence-electron chi connectivity index (χ1n) is 3.61. The summed E-state index contributed by atoms with van der Waals surface area (Å²) < 4.78 is 15.0. The van der Waals surface area contributed by atoms with Gasteiger partial charge in [0.1, 0.15) is 5.82 Å². The number of hydrogen-bond donors (Lipinski definition) is 0. The fourth-order valence-electron chi connectivity index (χ4n) is 0.976. The Morgan fingerprint density at radius 2 is 2.14 bits per heavy atom. The van der Waals surface area contributed by atoms with E-state index < -0.39 is 0 Å². The van der Waals surface area contributed by atoms with Crippen molar-refractivity contribution in [2.75, 3.05) is 0 Å². The van der Waals surface area contributed by atoms with E-state index >= 15 is 0 Å². The van der Waals surface area contributed by atoms with Gasteiger partial charge in [0.15, 0.2) is 8.02 Å². The highest BCUT2D eigenvalue weighted by Gasteiger charge is 2.10. The van der Waals surface area contributed by atoms with Gasteiger partial charge in [-0.2, -0.15) is 0 Å². The predicted octanol–water partition coefficient (Wildman–Crippen LogP) is 3.71. The lowest BCUT2D eigenvalue weighted by Crippen LogP contribution is -1.83. The highest BCUT2D eigenvalue weighted by molar-refractivity contribution is 14.1. The molecule has 1 heterocycles. The van der Waals surface area contributed by atoms with Gasteiger partial charge in [0, 0.05) is 10.0 Å². The second-order valence-electron chi connectivity index (χ2n) is 2.48. The monoisotopic (exact) mass is 384 g/mol. The molecule has 0 saturated heterocycles. The molecule has 0 spiro atoms. The average Bonchev–Trinajstić information content (AvgIpc) is 2.56. The van der Waals surface area contributed by atoms with Crippen molar-refractivity contribution in [3.05, 3.63) is 31.5 Å². The van der Waals surface area contributed by atoms with E-state index in [0.29, 0.717) is 10.6 Å². The maximum absolute atomic E-state index is 13.4. The zero-order chi connectivity index (χ0) is 10.1. The molecule has 2 nitrogen and oxygen atoms in total. The van der Waals surface area contributed by atoms with E-state index in [-0.39, 0.29) is 5.82 Å². The van der Waals surface area contributed by atoms with Gasteiger partial charge in [-0.1, -0.05) is 27.3 Å². The maximum Gasteiger partial charge on any atom is 0.178 e. The van der Waals surface area contributed by atoms with Crippen molar-refractivity contribution < 1.29 is 4.39 Å². The van der Waals surface area contributed by atoms with Gasteiger partial charge in [0.25, 0.3) is 0 Å². The first-order chi connectivity index (χ1) is 6.66. The zero-order valence-electron chi connectivity index (χ0n) is 6.67. The van der Waals surface area contributed by atoms with Crippen LogP contribution >= 0.6 is 49.9 Å². The van der Waals surface area contributed by atoms with Crippen molar-refractivity contribution >= 4 is 49.9 Å². The molecule has 1 aromatic heterocycles. The molecule has 6 heteroatoms. The molecule has 0 N–H and O–H groups in total. The summed E-state index contributed by atoms with van der Waals surface area (Å²) in [4.78, 5) is 0.